The van der Waals surface area contributed by atoms with Gasteiger partial charge in [0.05, 0.1) is 0 Å². The van der Waals surface area contributed by atoms with Gasteiger partial charge in [0.1, 0.15) is 0 Å². The van der Waals surface area contributed by atoms with Gasteiger partial charge < -0.3 is 10.2 Å². The lowest BCUT2D eigenvalue weighted by Crippen LogP contribution is -2.09. The summed E-state index contributed by atoms with van der Waals surface area (Å²) in [6, 6.07) is 16.6. The largest absolute Gasteiger partial charge is 0.388 e. The van der Waals surface area contributed by atoms with Crippen LogP contribution in [0, 0.1) is 0 Å². The zero-order valence-corrected chi connectivity index (χ0v) is 11.5. The third-order valence-electron chi connectivity index (χ3n) is 2.72. The zero-order chi connectivity index (χ0) is 12.3. The molecule has 3 heteroatoms. The number of halogens is 1. The predicted molar refractivity (Wildman–Crippen MR) is 78.2 cm³/mol. The Hall–Kier alpha value is -1.48. The first-order valence-electron chi connectivity index (χ1n) is 5.48. The molecule has 0 saturated carbocycles. The molecule has 0 radical (unpaired) electrons. The summed E-state index contributed by atoms with van der Waals surface area (Å²) in [4.78, 5) is 2.16. The highest BCUT2D eigenvalue weighted by Crippen LogP contribution is 2.27. The minimum absolute atomic E-state index is 1.09. The van der Waals surface area contributed by atoms with E-state index in [1.807, 2.05) is 19.2 Å². The lowest BCUT2D eigenvalue weighted by molar-refractivity contribution is 1.21. The topological polar surface area (TPSA) is 15.3 Å². The highest BCUT2D eigenvalue weighted by Gasteiger charge is 2.04. The fraction of sp³-hybridized carbons (Fsp3) is 0.143. The van der Waals surface area contributed by atoms with Crippen molar-refractivity contribution in [1.82, 2.24) is 0 Å². The molecule has 0 amide bonds. The van der Waals surface area contributed by atoms with E-state index in [2.05, 4.69) is 69.6 Å². The first kappa shape index (κ1) is 12.0. The standard InChI is InChI=1S/C14H15BrN2/c1-16-12-6-4-8-14(10-12)17(2)13-7-3-5-11(15)9-13/h3-10,16H,1-2H3. The summed E-state index contributed by atoms with van der Waals surface area (Å²) in [7, 11) is 3.99. The highest BCUT2D eigenvalue weighted by atomic mass is 79.9. The van der Waals surface area contributed by atoms with Gasteiger partial charge in [-0.25, -0.2) is 0 Å². The molecule has 88 valence electrons. The minimum Gasteiger partial charge on any atom is -0.388 e. The molecule has 2 aromatic carbocycles. The van der Waals surface area contributed by atoms with Crippen LogP contribution in [0.15, 0.2) is 53.0 Å². The Morgan fingerprint density at radius 2 is 1.65 bits per heavy atom. The van der Waals surface area contributed by atoms with E-state index in [1.54, 1.807) is 0 Å². The smallest absolute Gasteiger partial charge is 0.0428 e. The second kappa shape index (κ2) is 5.23. The van der Waals surface area contributed by atoms with Gasteiger partial charge in [0.2, 0.25) is 0 Å². The van der Waals surface area contributed by atoms with Crippen molar-refractivity contribution in [2.24, 2.45) is 0 Å². The van der Waals surface area contributed by atoms with E-state index in [-0.39, 0.29) is 0 Å². The van der Waals surface area contributed by atoms with Crippen LogP contribution in [0.2, 0.25) is 0 Å². The monoisotopic (exact) mass is 290 g/mol. The summed E-state index contributed by atoms with van der Waals surface area (Å²) >= 11 is 3.49. The lowest BCUT2D eigenvalue weighted by Gasteiger charge is -2.20. The molecule has 2 nitrogen and oxygen atoms in total. The average molecular weight is 291 g/mol. The second-order valence-corrected chi connectivity index (χ2v) is 4.75. The summed E-state index contributed by atoms with van der Waals surface area (Å²) in [5.74, 6) is 0. The van der Waals surface area contributed by atoms with Crippen molar-refractivity contribution in [3.8, 4) is 0 Å². The third-order valence-corrected chi connectivity index (χ3v) is 3.21. The Labute approximate surface area is 110 Å². The van der Waals surface area contributed by atoms with E-state index >= 15 is 0 Å². The Morgan fingerprint density at radius 3 is 2.29 bits per heavy atom. The molecule has 1 N–H and O–H groups in total. The molecule has 0 spiro atoms. The molecule has 0 aliphatic heterocycles. The second-order valence-electron chi connectivity index (χ2n) is 3.84. The molecule has 0 aliphatic rings. The van der Waals surface area contributed by atoms with E-state index in [0.29, 0.717) is 0 Å². The zero-order valence-electron chi connectivity index (χ0n) is 9.94. The van der Waals surface area contributed by atoms with Crippen LogP contribution in [-0.2, 0) is 0 Å². The maximum Gasteiger partial charge on any atom is 0.0428 e. The Bertz CT molecular complexity index is 511. The van der Waals surface area contributed by atoms with E-state index in [4.69, 9.17) is 0 Å². The van der Waals surface area contributed by atoms with Gasteiger partial charge in [-0.2, -0.15) is 0 Å². The number of nitrogens with one attached hydrogen (secondary N) is 1. The molecule has 2 rings (SSSR count). The molecular weight excluding hydrogens is 276 g/mol. The molecule has 0 aliphatic carbocycles. The van der Waals surface area contributed by atoms with Crippen molar-refractivity contribution >= 4 is 33.0 Å². The van der Waals surface area contributed by atoms with Crippen LogP contribution >= 0.6 is 15.9 Å². The van der Waals surface area contributed by atoms with E-state index in [1.165, 1.54) is 0 Å². The molecular formula is C14H15BrN2. The number of nitrogens with zero attached hydrogens (tertiary/aromatic N) is 1. The van der Waals surface area contributed by atoms with Crippen LogP contribution in [0.1, 0.15) is 0 Å². The predicted octanol–water partition coefficient (Wildman–Crippen LogP) is 4.26. The maximum atomic E-state index is 3.49. The molecule has 0 aromatic heterocycles. The van der Waals surface area contributed by atoms with Gasteiger partial charge in [-0.05, 0) is 36.4 Å². The number of hydrogen-bond acceptors (Lipinski definition) is 2. The van der Waals surface area contributed by atoms with Crippen LogP contribution in [0.25, 0.3) is 0 Å². The van der Waals surface area contributed by atoms with Gasteiger partial charge in [0.15, 0.2) is 0 Å². The summed E-state index contributed by atoms with van der Waals surface area (Å²) in [5.41, 5.74) is 3.44. The van der Waals surface area contributed by atoms with Crippen LogP contribution in [0.4, 0.5) is 17.1 Å². The number of benzene rings is 2. The molecule has 0 bridgehead atoms. The van der Waals surface area contributed by atoms with Crippen LogP contribution in [0.3, 0.4) is 0 Å². The van der Waals surface area contributed by atoms with Gasteiger partial charge in [0.25, 0.3) is 0 Å². The van der Waals surface area contributed by atoms with E-state index in [9.17, 15) is 0 Å². The number of anilines is 3. The third kappa shape index (κ3) is 2.80. The molecule has 2 aromatic rings. The Morgan fingerprint density at radius 1 is 1.00 bits per heavy atom. The highest BCUT2D eigenvalue weighted by molar-refractivity contribution is 9.10. The van der Waals surface area contributed by atoms with Crippen molar-refractivity contribution in [1.29, 1.82) is 0 Å². The summed E-state index contributed by atoms with van der Waals surface area (Å²) in [6.45, 7) is 0. The molecule has 0 saturated heterocycles. The van der Waals surface area contributed by atoms with Gasteiger partial charge in [-0.3, -0.25) is 0 Å². The van der Waals surface area contributed by atoms with E-state index in [0.717, 1.165) is 21.5 Å². The van der Waals surface area contributed by atoms with Crippen LogP contribution in [0.5, 0.6) is 0 Å². The summed E-state index contributed by atoms with van der Waals surface area (Å²) in [5, 5.41) is 3.15. The SMILES string of the molecule is CNc1cccc(N(C)c2cccc(Br)c2)c1. The fourth-order valence-corrected chi connectivity index (χ4v) is 2.09. The van der Waals surface area contributed by atoms with E-state index < -0.39 is 0 Å². The molecule has 0 fully saturated rings. The Kier molecular flexibility index (Phi) is 3.69. The normalized spacial score (nSPS) is 10.1. The van der Waals surface area contributed by atoms with Crippen LogP contribution < -0.4 is 10.2 Å². The number of hydrogen-bond donors (Lipinski definition) is 1. The van der Waals surface area contributed by atoms with Gasteiger partial charge in [-0.1, -0.05) is 28.1 Å². The van der Waals surface area contributed by atoms with Gasteiger partial charge in [0, 0.05) is 35.6 Å². The first-order chi connectivity index (χ1) is 8.20. The summed E-state index contributed by atoms with van der Waals surface area (Å²) < 4.78 is 1.09. The molecule has 0 atom stereocenters. The summed E-state index contributed by atoms with van der Waals surface area (Å²) in [6.07, 6.45) is 0. The molecule has 17 heavy (non-hydrogen) atoms. The lowest BCUT2D eigenvalue weighted by atomic mass is 10.2. The van der Waals surface area contributed by atoms with Crippen molar-refractivity contribution in [3.05, 3.63) is 53.0 Å². The maximum absolute atomic E-state index is 3.49. The fourth-order valence-electron chi connectivity index (χ4n) is 1.70. The minimum atomic E-state index is 1.09. The van der Waals surface area contributed by atoms with Crippen molar-refractivity contribution in [2.45, 2.75) is 0 Å². The van der Waals surface area contributed by atoms with Crippen molar-refractivity contribution in [3.63, 3.8) is 0 Å². The van der Waals surface area contributed by atoms with Gasteiger partial charge in [-0.15, -0.1) is 0 Å². The molecule has 0 heterocycles. The first-order valence-corrected chi connectivity index (χ1v) is 6.27. The Balaban J connectivity index is 2.33. The quantitative estimate of drug-likeness (QED) is 0.909. The van der Waals surface area contributed by atoms with Crippen molar-refractivity contribution in [2.75, 3.05) is 24.3 Å². The average Bonchev–Trinajstić information content (AvgIpc) is 2.38. The van der Waals surface area contributed by atoms with Crippen molar-refractivity contribution < 1.29 is 0 Å². The number of rotatable bonds is 3. The van der Waals surface area contributed by atoms with Gasteiger partial charge >= 0.3 is 0 Å². The molecule has 0 unspecified atom stereocenters. The van der Waals surface area contributed by atoms with Crippen LogP contribution in [-0.4, -0.2) is 14.1 Å².